The summed E-state index contributed by atoms with van der Waals surface area (Å²) in [7, 11) is 0. The Kier molecular flexibility index (Phi) is 8.09. The molecule has 0 amide bonds. The molecule has 0 aliphatic rings. The molecule has 0 spiro atoms. The van der Waals surface area contributed by atoms with E-state index in [-0.39, 0.29) is 6.61 Å². The topological polar surface area (TPSA) is 92.9 Å². The molecule has 1 N–H and O–H groups in total. The van der Waals surface area contributed by atoms with Crippen LogP contribution in [0.3, 0.4) is 0 Å². The lowest BCUT2D eigenvalue weighted by atomic mass is 10.00. The summed E-state index contributed by atoms with van der Waals surface area (Å²) in [6, 6.07) is 11.6. The zero-order valence-electron chi connectivity index (χ0n) is 16.0. The number of thiazole rings is 1. The predicted octanol–water partition coefficient (Wildman–Crippen LogP) is 4.83. The Morgan fingerprint density at radius 3 is 2.72 bits per heavy atom. The number of rotatable bonds is 9. The first-order chi connectivity index (χ1) is 14.2. The molecule has 2 heterocycles. The van der Waals surface area contributed by atoms with E-state index in [2.05, 4.69) is 23.0 Å². The molecule has 3 rings (SSSR count). The van der Waals surface area contributed by atoms with E-state index < -0.39 is 11.2 Å². The number of nitriles is 1. The van der Waals surface area contributed by atoms with Gasteiger partial charge in [0.1, 0.15) is 27.5 Å². The van der Waals surface area contributed by atoms with Crippen molar-refractivity contribution in [1.29, 1.82) is 5.26 Å². The molecular formula is C21H21N3O2S3. The lowest BCUT2D eigenvalue weighted by molar-refractivity contribution is 0.282. The van der Waals surface area contributed by atoms with Crippen LogP contribution in [0.15, 0.2) is 46.9 Å². The highest BCUT2D eigenvalue weighted by Crippen LogP contribution is 2.35. The molecule has 0 aliphatic carbocycles. The Labute approximate surface area is 182 Å². The number of aliphatic hydroxyl groups is 1. The molecule has 2 aromatic heterocycles. The van der Waals surface area contributed by atoms with Crippen molar-refractivity contribution in [1.82, 2.24) is 9.97 Å². The summed E-state index contributed by atoms with van der Waals surface area (Å²) in [6.45, 7) is 2.04. The van der Waals surface area contributed by atoms with Crippen LogP contribution in [0.4, 0.5) is 0 Å². The predicted molar refractivity (Wildman–Crippen MR) is 120 cm³/mol. The van der Waals surface area contributed by atoms with Gasteiger partial charge in [0.2, 0.25) is 0 Å². The fourth-order valence-corrected chi connectivity index (χ4v) is 5.81. The second-order valence-electron chi connectivity index (χ2n) is 6.30. The Bertz CT molecular complexity index is 970. The van der Waals surface area contributed by atoms with Crippen LogP contribution < -0.4 is 0 Å². The van der Waals surface area contributed by atoms with Crippen molar-refractivity contribution >= 4 is 34.3 Å². The van der Waals surface area contributed by atoms with Gasteiger partial charge in [-0.3, -0.25) is 0 Å². The van der Waals surface area contributed by atoms with Crippen LogP contribution in [-0.2, 0) is 17.8 Å². The summed E-state index contributed by atoms with van der Waals surface area (Å²) in [5.41, 5.74) is 3.61. The first kappa shape index (κ1) is 21.8. The average molecular weight is 444 g/mol. The van der Waals surface area contributed by atoms with Crippen molar-refractivity contribution in [3.63, 3.8) is 0 Å². The minimum Gasteiger partial charge on any atom is -0.616 e. The second kappa shape index (κ2) is 10.8. The van der Waals surface area contributed by atoms with Crippen molar-refractivity contribution < 1.29 is 9.66 Å². The molecule has 0 bridgehead atoms. The first-order valence-electron chi connectivity index (χ1n) is 9.19. The van der Waals surface area contributed by atoms with Gasteiger partial charge in [-0.2, -0.15) is 5.26 Å². The van der Waals surface area contributed by atoms with Gasteiger partial charge in [-0.15, -0.1) is 11.3 Å². The van der Waals surface area contributed by atoms with E-state index >= 15 is 0 Å². The van der Waals surface area contributed by atoms with E-state index in [4.69, 9.17) is 0 Å². The number of hydrogen-bond donors (Lipinski definition) is 1. The average Bonchev–Trinajstić information content (AvgIpc) is 3.30. The SMILES string of the molecule is CCCC[S+]([O-])CSc1nc(-c2nccs2)cc(-c2ccc(CO)cc2)c1C#N. The summed E-state index contributed by atoms with van der Waals surface area (Å²) in [6.07, 6.45) is 3.65. The van der Waals surface area contributed by atoms with Crippen molar-refractivity contribution in [2.75, 3.05) is 10.8 Å². The van der Waals surface area contributed by atoms with E-state index in [1.807, 2.05) is 35.7 Å². The summed E-state index contributed by atoms with van der Waals surface area (Å²) in [5, 5.41) is 22.8. The monoisotopic (exact) mass is 443 g/mol. The zero-order valence-corrected chi connectivity index (χ0v) is 18.4. The van der Waals surface area contributed by atoms with Crippen LogP contribution in [0, 0.1) is 11.3 Å². The number of hydrogen-bond acceptors (Lipinski definition) is 7. The van der Waals surface area contributed by atoms with Crippen molar-refractivity contribution in [2.45, 2.75) is 31.4 Å². The van der Waals surface area contributed by atoms with Crippen LogP contribution in [0.25, 0.3) is 21.8 Å². The van der Waals surface area contributed by atoms with Crippen LogP contribution in [-0.4, -0.2) is 30.5 Å². The lowest BCUT2D eigenvalue weighted by Gasteiger charge is -2.13. The molecule has 3 aromatic rings. The Hall–Kier alpha value is -1.89. The highest BCUT2D eigenvalue weighted by Gasteiger charge is 2.18. The number of pyridine rings is 1. The maximum absolute atomic E-state index is 12.3. The number of aliphatic hydroxyl groups excluding tert-OH is 1. The molecule has 1 atom stereocenters. The first-order valence-corrected chi connectivity index (χ1v) is 12.5. The van der Waals surface area contributed by atoms with Crippen LogP contribution in [0.5, 0.6) is 0 Å². The number of unbranched alkanes of at least 4 members (excludes halogenated alkanes) is 1. The van der Waals surface area contributed by atoms with Gasteiger partial charge in [-0.05, 0) is 34.8 Å². The standard InChI is InChI=1S/C21H21N3O2S3/c1-2-3-10-29(26)14-28-20-18(12-22)17(16-6-4-15(13-25)5-7-16)11-19(24-20)21-23-8-9-27-21/h4-9,11,25H,2-3,10,13-14H2,1H3. The maximum atomic E-state index is 12.3. The number of aromatic nitrogens is 2. The fraction of sp³-hybridized carbons (Fsp3) is 0.286. The third kappa shape index (κ3) is 5.59. The van der Waals surface area contributed by atoms with Crippen LogP contribution >= 0.6 is 23.1 Å². The Balaban J connectivity index is 2.01. The largest absolute Gasteiger partial charge is 0.616 e. The van der Waals surface area contributed by atoms with Gasteiger partial charge in [0.05, 0.1) is 12.2 Å². The van der Waals surface area contributed by atoms with E-state index in [1.54, 1.807) is 6.20 Å². The molecule has 0 radical (unpaired) electrons. The molecule has 29 heavy (non-hydrogen) atoms. The van der Waals surface area contributed by atoms with Crippen LogP contribution in [0.2, 0.25) is 0 Å². The van der Waals surface area contributed by atoms with Crippen molar-refractivity contribution in [3.8, 4) is 27.9 Å². The second-order valence-corrected chi connectivity index (χ2v) is 10.1. The summed E-state index contributed by atoms with van der Waals surface area (Å²) >= 11 is 1.89. The number of benzene rings is 1. The van der Waals surface area contributed by atoms with Crippen LogP contribution in [0.1, 0.15) is 30.9 Å². The highest BCUT2D eigenvalue weighted by molar-refractivity contribution is 8.12. The van der Waals surface area contributed by atoms with Gasteiger partial charge >= 0.3 is 0 Å². The van der Waals surface area contributed by atoms with Gasteiger partial charge in [0, 0.05) is 17.1 Å². The van der Waals surface area contributed by atoms with Gasteiger partial charge < -0.3 is 9.66 Å². The molecule has 0 fully saturated rings. The molecule has 8 heteroatoms. The minimum atomic E-state index is -0.957. The highest BCUT2D eigenvalue weighted by atomic mass is 32.3. The van der Waals surface area contributed by atoms with Gasteiger partial charge in [0.15, 0.2) is 5.08 Å². The number of nitrogens with zero attached hydrogens (tertiary/aromatic N) is 3. The maximum Gasteiger partial charge on any atom is 0.156 e. The molecule has 0 saturated carbocycles. The molecule has 5 nitrogen and oxygen atoms in total. The molecule has 1 aromatic carbocycles. The quantitative estimate of drug-likeness (QED) is 0.376. The Morgan fingerprint density at radius 1 is 1.31 bits per heavy atom. The van der Waals surface area contributed by atoms with E-state index in [9.17, 15) is 14.9 Å². The van der Waals surface area contributed by atoms with Crippen molar-refractivity contribution in [2.24, 2.45) is 0 Å². The zero-order chi connectivity index (χ0) is 20.6. The van der Waals surface area contributed by atoms with E-state index in [0.717, 1.165) is 34.5 Å². The summed E-state index contributed by atoms with van der Waals surface area (Å²) in [5.74, 6) is 0.660. The summed E-state index contributed by atoms with van der Waals surface area (Å²) in [4.78, 5) is 9.02. The smallest absolute Gasteiger partial charge is 0.156 e. The molecular weight excluding hydrogens is 422 g/mol. The van der Waals surface area contributed by atoms with E-state index in [0.29, 0.717) is 27.1 Å². The third-order valence-corrected chi connectivity index (χ3v) is 7.88. The molecule has 150 valence electrons. The normalized spacial score (nSPS) is 11.9. The molecule has 0 aliphatic heterocycles. The number of thioether (sulfide) groups is 1. The minimum absolute atomic E-state index is 0.0310. The van der Waals surface area contributed by atoms with Gasteiger partial charge in [0.25, 0.3) is 0 Å². The van der Waals surface area contributed by atoms with Gasteiger partial charge in [-0.25, -0.2) is 9.97 Å². The van der Waals surface area contributed by atoms with Crippen molar-refractivity contribution in [3.05, 3.63) is 53.0 Å². The Morgan fingerprint density at radius 2 is 2.10 bits per heavy atom. The third-order valence-electron chi connectivity index (χ3n) is 4.25. The van der Waals surface area contributed by atoms with E-state index in [1.165, 1.54) is 23.1 Å². The van der Waals surface area contributed by atoms with Gasteiger partial charge in [-0.1, -0.05) is 49.4 Å². The lowest BCUT2D eigenvalue weighted by Crippen LogP contribution is -2.09. The molecule has 0 saturated heterocycles. The summed E-state index contributed by atoms with van der Waals surface area (Å²) < 4.78 is 12.3. The fourth-order valence-electron chi connectivity index (χ4n) is 2.70. The molecule has 1 unspecified atom stereocenters.